The number of fused-ring (bicyclic) bond motifs is 1. The van der Waals surface area contributed by atoms with E-state index >= 15 is 0 Å². The lowest BCUT2D eigenvalue weighted by Gasteiger charge is -2.12. The standard InChI is InChI=1S/C25H22BrN3O2/c26-22-8-4-7-20(11-22)16-30-23-9-10-25-24(12-23)21(15-29-17-27-18-31-29)14-28(25)13-19-5-2-1-3-6-19/h1-12,14,18H,13,15-17H2. The first kappa shape index (κ1) is 19.8. The minimum Gasteiger partial charge on any atom is -0.489 e. The summed E-state index contributed by atoms with van der Waals surface area (Å²) in [4.78, 5) is 9.62. The molecule has 1 aliphatic rings. The second kappa shape index (κ2) is 8.96. The molecule has 2 heterocycles. The van der Waals surface area contributed by atoms with Gasteiger partial charge in [-0.2, -0.15) is 0 Å². The first-order valence-electron chi connectivity index (χ1n) is 10.2. The molecule has 0 spiro atoms. The lowest BCUT2D eigenvalue weighted by molar-refractivity contribution is -0.0515. The third-order valence-corrected chi connectivity index (χ3v) is 5.78. The van der Waals surface area contributed by atoms with Gasteiger partial charge < -0.3 is 14.1 Å². The van der Waals surface area contributed by atoms with Crippen molar-refractivity contribution in [2.45, 2.75) is 19.7 Å². The molecule has 4 aromatic rings. The Hall–Kier alpha value is -3.09. The first-order chi connectivity index (χ1) is 15.2. The monoisotopic (exact) mass is 475 g/mol. The Morgan fingerprint density at radius 3 is 2.61 bits per heavy atom. The Morgan fingerprint density at radius 1 is 0.935 bits per heavy atom. The molecule has 1 aromatic heterocycles. The van der Waals surface area contributed by atoms with E-state index in [-0.39, 0.29) is 0 Å². The van der Waals surface area contributed by atoms with E-state index in [1.165, 1.54) is 23.0 Å². The predicted octanol–water partition coefficient (Wildman–Crippen LogP) is 5.76. The molecule has 0 saturated carbocycles. The molecule has 0 fully saturated rings. The molecule has 6 heteroatoms. The molecule has 5 nitrogen and oxygen atoms in total. The van der Waals surface area contributed by atoms with E-state index in [4.69, 9.17) is 9.57 Å². The predicted molar refractivity (Wildman–Crippen MR) is 126 cm³/mol. The van der Waals surface area contributed by atoms with E-state index < -0.39 is 0 Å². The summed E-state index contributed by atoms with van der Waals surface area (Å²) < 4.78 is 9.45. The van der Waals surface area contributed by atoms with Gasteiger partial charge in [0, 0.05) is 28.1 Å². The molecule has 3 aromatic carbocycles. The van der Waals surface area contributed by atoms with Crippen molar-refractivity contribution in [3.8, 4) is 5.75 Å². The maximum Gasteiger partial charge on any atom is 0.198 e. The van der Waals surface area contributed by atoms with Crippen LogP contribution in [-0.4, -0.2) is 22.7 Å². The summed E-state index contributed by atoms with van der Waals surface area (Å²) in [5.41, 5.74) is 4.75. The van der Waals surface area contributed by atoms with E-state index in [1.807, 2.05) is 29.3 Å². The normalized spacial score (nSPS) is 13.6. The minimum absolute atomic E-state index is 0.522. The number of rotatable bonds is 7. The molecule has 156 valence electrons. The van der Waals surface area contributed by atoms with Crippen molar-refractivity contribution in [3.63, 3.8) is 0 Å². The summed E-state index contributed by atoms with van der Waals surface area (Å²) in [5.74, 6) is 0.852. The molecular weight excluding hydrogens is 454 g/mol. The Bertz CT molecular complexity index is 1210. The van der Waals surface area contributed by atoms with Gasteiger partial charge in [0.05, 0.1) is 6.54 Å². The largest absolute Gasteiger partial charge is 0.489 e. The van der Waals surface area contributed by atoms with Crippen molar-refractivity contribution >= 4 is 33.2 Å². The maximum atomic E-state index is 6.11. The minimum atomic E-state index is 0.522. The van der Waals surface area contributed by atoms with Crippen LogP contribution in [0, 0.1) is 0 Å². The van der Waals surface area contributed by atoms with Crippen LogP contribution in [0.25, 0.3) is 10.9 Å². The number of ether oxygens (including phenoxy) is 1. The van der Waals surface area contributed by atoms with Gasteiger partial charge in [-0.05, 0) is 47.0 Å². The quantitative estimate of drug-likeness (QED) is 0.340. The molecule has 0 N–H and O–H groups in total. The molecular formula is C25H22BrN3O2. The topological polar surface area (TPSA) is 39.0 Å². The van der Waals surface area contributed by atoms with Gasteiger partial charge in [0.1, 0.15) is 19.0 Å². The third kappa shape index (κ3) is 4.65. The fourth-order valence-corrected chi connectivity index (χ4v) is 4.25. The number of hydrogen-bond acceptors (Lipinski definition) is 4. The van der Waals surface area contributed by atoms with Gasteiger partial charge in [-0.1, -0.05) is 58.4 Å². The molecule has 0 unspecified atom stereocenters. The van der Waals surface area contributed by atoms with Crippen molar-refractivity contribution in [3.05, 3.63) is 100 Å². The summed E-state index contributed by atoms with van der Waals surface area (Å²) in [7, 11) is 0. The third-order valence-electron chi connectivity index (χ3n) is 5.28. The zero-order valence-corrected chi connectivity index (χ0v) is 18.5. The zero-order chi connectivity index (χ0) is 21.0. The summed E-state index contributed by atoms with van der Waals surface area (Å²) in [6.45, 7) is 2.54. The van der Waals surface area contributed by atoms with Crippen molar-refractivity contribution in [1.82, 2.24) is 9.63 Å². The van der Waals surface area contributed by atoms with Gasteiger partial charge in [-0.25, -0.2) is 4.99 Å². The van der Waals surface area contributed by atoms with Crippen LogP contribution < -0.4 is 4.74 Å². The van der Waals surface area contributed by atoms with Crippen molar-refractivity contribution in [1.29, 1.82) is 0 Å². The van der Waals surface area contributed by atoms with Gasteiger partial charge in [0.15, 0.2) is 6.40 Å². The van der Waals surface area contributed by atoms with Crippen LogP contribution >= 0.6 is 15.9 Å². The van der Waals surface area contributed by atoms with Crippen LogP contribution in [-0.2, 0) is 24.5 Å². The van der Waals surface area contributed by atoms with Gasteiger partial charge in [-0.15, -0.1) is 5.06 Å². The number of benzene rings is 3. The van der Waals surface area contributed by atoms with Crippen molar-refractivity contribution in [2.24, 2.45) is 4.99 Å². The molecule has 0 radical (unpaired) electrons. The number of aliphatic imine (C=N–C) groups is 1. The highest BCUT2D eigenvalue weighted by atomic mass is 79.9. The maximum absolute atomic E-state index is 6.11. The van der Waals surface area contributed by atoms with E-state index in [9.17, 15) is 0 Å². The van der Waals surface area contributed by atoms with Gasteiger partial charge in [-0.3, -0.25) is 0 Å². The SMILES string of the molecule is Brc1cccc(COc2ccc3c(c2)c(CN2CN=CO2)cn3Cc2ccccc2)c1. The fraction of sp³-hybridized carbons (Fsp3) is 0.160. The number of hydrogen-bond donors (Lipinski definition) is 0. The number of hydroxylamine groups is 2. The summed E-state index contributed by atoms with van der Waals surface area (Å²) in [6, 6.07) is 25.0. The van der Waals surface area contributed by atoms with Gasteiger partial charge >= 0.3 is 0 Å². The van der Waals surface area contributed by atoms with Crippen molar-refractivity contribution < 1.29 is 9.57 Å². The lowest BCUT2D eigenvalue weighted by Crippen LogP contribution is -2.17. The van der Waals surface area contributed by atoms with E-state index in [1.54, 1.807) is 0 Å². The highest BCUT2D eigenvalue weighted by molar-refractivity contribution is 9.10. The van der Waals surface area contributed by atoms with Crippen LogP contribution in [0.4, 0.5) is 0 Å². The molecule has 0 saturated heterocycles. The summed E-state index contributed by atoms with van der Waals surface area (Å²) >= 11 is 3.52. The number of aromatic nitrogens is 1. The van der Waals surface area contributed by atoms with Crippen LogP contribution in [0.1, 0.15) is 16.7 Å². The molecule has 0 bridgehead atoms. The molecule has 0 atom stereocenters. The Morgan fingerprint density at radius 2 is 1.81 bits per heavy atom. The average molecular weight is 476 g/mol. The Balaban J connectivity index is 1.44. The average Bonchev–Trinajstić information content (AvgIpc) is 3.42. The van der Waals surface area contributed by atoms with Crippen molar-refractivity contribution in [2.75, 3.05) is 6.67 Å². The summed E-state index contributed by atoms with van der Waals surface area (Å²) in [6.07, 6.45) is 3.70. The Kier molecular flexibility index (Phi) is 5.74. The van der Waals surface area contributed by atoms with Crippen LogP contribution in [0.15, 0.2) is 88.5 Å². The first-order valence-corrected chi connectivity index (χ1v) is 11.0. The van der Waals surface area contributed by atoms with Crippen LogP contribution in [0.3, 0.4) is 0 Å². The number of halogens is 1. The van der Waals surface area contributed by atoms with E-state index in [2.05, 4.69) is 80.2 Å². The molecule has 31 heavy (non-hydrogen) atoms. The van der Waals surface area contributed by atoms with E-state index in [0.717, 1.165) is 27.7 Å². The second-order valence-corrected chi connectivity index (χ2v) is 8.46. The Labute approximate surface area is 189 Å². The number of nitrogens with zero attached hydrogens (tertiary/aromatic N) is 3. The van der Waals surface area contributed by atoms with Crippen LogP contribution in [0.5, 0.6) is 5.75 Å². The molecule has 1 aliphatic heterocycles. The highest BCUT2D eigenvalue weighted by Gasteiger charge is 2.16. The molecule has 0 aliphatic carbocycles. The van der Waals surface area contributed by atoms with Gasteiger partial charge in [0.25, 0.3) is 0 Å². The zero-order valence-electron chi connectivity index (χ0n) is 16.9. The lowest BCUT2D eigenvalue weighted by atomic mass is 10.1. The molecule has 0 amide bonds. The van der Waals surface area contributed by atoms with E-state index in [0.29, 0.717) is 19.8 Å². The smallest absolute Gasteiger partial charge is 0.198 e. The van der Waals surface area contributed by atoms with Crippen LogP contribution in [0.2, 0.25) is 0 Å². The van der Waals surface area contributed by atoms with Gasteiger partial charge in [0.2, 0.25) is 0 Å². The summed E-state index contributed by atoms with van der Waals surface area (Å²) in [5, 5.41) is 3.01. The molecule has 5 rings (SSSR count). The fourth-order valence-electron chi connectivity index (χ4n) is 3.81. The highest BCUT2D eigenvalue weighted by Crippen LogP contribution is 2.29. The second-order valence-electron chi connectivity index (χ2n) is 7.54.